The summed E-state index contributed by atoms with van der Waals surface area (Å²) in [5.74, 6) is 1.20. The van der Waals surface area contributed by atoms with Crippen molar-refractivity contribution in [1.82, 2.24) is 29.2 Å². The van der Waals surface area contributed by atoms with Crippen molar-refractivity contribution in [1.29, 1.82) is 0 Å². The zero-order valence-electron chi connectivity index (χ0n) is 17.5. The zero-order chi connectivity index (χ0) is 23.2. The van der Waals surface area contributed by atoms with E-state index in [9.17, 15) is 13.2 Å². The summed E-state index contributed by atoms with van der Waals surface area (Å²) in [6, 6.07) is 5.17. The van der Waals surface area contributed by atoms with Gasteiger partial charge < -0.3 is 4.90 Å². The topological polar surface area (TPSA) is 55.0 Å². The van der Waals surface area contributed by atoms with E-state index in [1.54, 1.807) is 12.4 Å². The molecule has 4 heterocycles. The lowest BCUT2D eigenvalue weighted by molar-refractivity contribution is -0.137. The predicted molar refractivity (Wildman–Crippen MR) is 121 cm³/mol. The van der Waals surface area contributed by atoms with Gasteiger partial charge in [-0.1, -0.05) is 11.6 Å². The summed E-state index contributed by atoms with van der Waals surface area (Å²) in [7, 11) is 0. The van der Waals surface area contributed by atoms with Gasteiger partial charge in [0.1, 0.15) is 5.82 Å². The summed E-state index contributed by atoms with van der Waals surface area (Å²) >= 11 is 11.9. The second-order valence-electron chi connectivity index (χ2n) is 8.22. The van der Waals surface area contributed by atoms with E-state index in [-0.39, 0.29) is 5.02 Å². The Morgan fingerprint density at radius 3 is 2.48 bits per heavy atom. The monoisotopic (exact) mass is 495 g/mol. The third-order valence-corrected chi connectivity index (χ3v) is 6.54. The minimum absolute atomic E-state index is 0.00443. The van der Waals surface area contributed by atoms with Crippen LogP contribution in [0, 0.1) is 4.77 Å². The summed E-state index contributed by atoms with van der Waals surface area (Å²) < 4.78 is 43.3. The maximum Gasteiger partial charge on any atom is 0.417 e. The Kier molecular flexibility index (Phi) is 5.87. The number of rotatable bonds is 5. The van der Waals surface area contributed by atoms with E-state index in [2.05, 4.69) is 19.4 Å². The summed E-state index contributed by atoms with van der Waals surface area (Å²) in [6.07, 6.45) is 2.07. The van der Waals surface area contributed by atoms with Crippen LogP contribution in [0.1, 0.15) is 24.4 Å². The van der Waals surface area contributed by atoms with Crippen LogP contribution in [0.4, 0.5) is 19.0 Å². The molecular weight excluding hydrogens is 475 g/mol. The second-order valence-corrected chi connectivity index (χ2v) is 8.99. The SMILES string of the molecule is FC(F)(F)c1cnc(N2CCN(Cn3nc(-c4cccnc4)n(C4CC4)c3=S)CC2)c(Cl)c1. The van der Waals surface area contributed by atoms with E-state index in [4.69, 9.17) is 28.9 Å². The van der Waals surface area contributed by atoms with E-state index < -0.39 is 11.7 Å². The number of alkyl halides is 3. The van der Waals surface area contributed by atoms with Crippen LogP contribution < -0.4 is 4.90 Å². The molecule has 0 radical (unpaired) electrons. The Morgan fingerprint density at radius 2 is 1.88 bits per heavy atom. The maximum absolute atomic E-state index is 12.9. The van der Waals surface area contributed by atoms with E-state index in [1.807, 2.05) is 21.7 Å². The third-order valence-electron chi connectivity index (χ3n) is 5.86. The molecule has 0 amide bonds. The van der Waals surface area contributed by atoms with Gasteiger partial charge in [-0.05, 0) is 43.3 Å². The lowest BCUT2D eigenvalue weighted by atomic mass is 10.2. The second kappa shape index (κ2) is 8.69. The van der Waals surface area contributed by atoms with Crippen LogP contribution in [0.25, 0.3) is 11.4 Å². The fourth-order valence-electron chi connectivity index (χ4n) is 3.98. The smallest absolute Gasteiger partial charge is 0.353 e. The Balaban J connectivity index is 1.29. The number of halogens is 4. The average Bonchev–Trinajstić information content (AvgIpc) is 3.58. The Morgan fingerprint density at radius 1 is 1.12 bits per heavy atom. The molecule has 1 aliphatic heterocycles. The van der Waals surface area contributed by atoms with Gasteiger partial charge in [0.25, 0.3) is 0 Å². The van der Waals surface area contributed by atoms with Crippen LogP contribution in [-0.4, -0.2) is 55.4 Å². The number of aromatic nitrogens is 5. The molecule has 0 aromatic carbocycles. The molecular formula is C21H21ClF3N7S. The van der Waals surface area contributed by atoms with Crippen molar-refractivity contribution in [3.63, 3.8) is 0 Å². The van der Waals surface area contributed by atoms with Crippen LogP contribution >= 0.6 is 23.8 Å². The lowest BCUT2D eigenvalue weighted by Gasteiger charge is -2.35. The summed E-state index contributed by atoms with van der Waals surface area (Å²) in [4.78, 5) is 12.3. The van der Waals surface area contributed by atoms with Crippen LogP contribution in [0.2, 0.25) is 5.02 Å². The molecule has 0 atom stereocenters. The highest BCUT2D eigenvalue weighted by Crippen LogP contribution is 2.38. The highest BCUT2D eigenvalue weighted by Gasteiger charge is 2.33. The Hall–Kier alpha value is -2.50. The molecule has 2 aliphatic rings. The summed E-state index contributed by atoms with van der Waals surface area (Å²) in [6.45, 7) is 3.07. The molecule has 1 aliphatic carbocycles. The van der Waals surface area contributed by atoms with E-state index in [1.165, 1.54) is 0 Å². The van der Waals surface area contributed by atoms with Crippen molar-refractivity contribution in [2.24, 2.45) is 0 Å². The average molecular weight is 496 g/mol. The largest absolute Gasteiger partial charge is 0.417 e. The highest BCUT2D eigenvalue weighted by atomic mass is 35.5. The first-order valence-corrected chi connectivity index (χ1v) is 11.4. The lowest BCUT2D eigenvalue weighted by Crippen LogP contribution is -2.47. The number of hydrogen-bond donors (Lipinski definition) is 0. The normalized spacial score (nSPS) is 17.5. The number of nitrogens with zero attached hydrogens (tertiary/aromatic N) is 7. The van der Waals surface area contributed by atoms with E-state index >= 15 is 0 Å². The first-order valence-electron chi connectivity index (χ1n) is 10.6. The molecule has 0 spiro atoms. The Bertz CT molecular complexity index is 1200. The summed E-state index contributed by atoms with van der Waals surface area (Å²) in [5.41, 5.74) is 0.0852. The van der Waals surface area contributed by atoms with E-state index in [0.717, 1.165) is 36.5 Å². The minimum Gasteiger partial charge on any atom is -0.353 e. The fraction of sp³-hybridized carbons (Fsp3) is 0.429. The first kappa shape index (κ1) is 22.3. The molecule has 2 fully saturated rings. The van der Waals surface area contributed by atoms with Crippen molar-refractivity contribution in [3.8, 4) is 11.4 Å². The predicted octanol–water partition coefficient (Wildman–Crippen LogP) is 4.66. The van der Waals surface area contributed by atoms with Crippen LogP contribution in [0.5, 0.6) is 0 Å². The third kappa shape index (κ3) is 4.62. The molecule has 0 bridgehead atoms. The van der Waals surface area contributed by atoms with Gasteiger partial charge in [-0.3, -0.25) is 14.5 Å². The van der Waals surface area contributed by atoms with Gasteiger partial charge in [0, 0.05) is 56.4 Å². The van der Waals surface area contributed by atoms with Gasteiger partial charge in [0.15, 0.2) is 10.6 Å². The van der Waals surface area contributed by atoms with Gasteiger partial charge in [0.2, 0.25) is 0 Å². The molecule has 1 saturated heterocycles. The molecule has 0 N–H and O–H groups in total. The Labute approximate surface area is 198 Å². The molecule has 174 valence electrons. The molecule has 12 heteroatoms. The van der Waals surface area contributed by atoms with Crippen LogP contribution in [0.15, 0.2) is 36.8 Å². The first-order chi connectivity index (χ1) is 15.8. The van der Waals surface area contributed by atoms with Crippen LogP contribution in [-0.2, 0) is 12.8 Å². The van der Waals surface area contributed by atoms with Crippen molar-refractivity contribution >= 4 is 29.6 Å². The van der Waals surface area contributed by atoms with Crippen molar-refractivity contribution in [3.05, 3.63) is 52.1 Å². The molecule has 7 nitrogen and oxygen atoms in total. The number of anilines is 1. The highest BCUT2D eigenvalue weighted by molar-refractivity contribution is 7.71. The maximum atomic E-state index is 12.9. The molecule has 3 aromatic rings. The van der Waals surface area contributed by atoms with Gasteiger partial charge in [-0.15, -0.1) is 0 Å². The van der Waals surface area contributed by atoms with Crippen LogP contribution in [0.3, 0.4) is 0 Å². The molecule has 1 saturated carbocycles. The van der Waals surface area contributed by atoms with Crippen molar-refractivity contribution in [2.45, 2.75) is 31.7 Å². The van der Waals surface area contributed by atoms with Gasteiger partial charge in [0.05, 0.1) is 17.3 Å². The number of piperazine rings is 1. The van der Waals surface area contributed by atoms with Crippen molar-refractivity contribution in [2.75, 3.05) is 31.1 Å². The minimum atomic E-state index is -4.47. The zero-order valence-corrected chi connectivity index (χ0v) is 19.1. The molecule has 3 aromatic heterocycles. The molecule has 33 heavy (non-hydrogen) atoms. The summed E-state index contributed by atoms with van der Waals surface area (Å²) in [5, 5.41) is 4.80. The standard InChI is InChI=1S/C21H21ClF3N7S/c22-17-10-15(21(23,24)25)12-27-19(17)30-8-6-29(7-9-30)13-31-20(33)32(16-3-4-16)18(28-31)14-2-1-5-26-11-14/h1-2,5,10-12,16H,3-4,6-9,13H2. The number of pyridine rings is 2. The van der Waals surface area contributed by atoms with E-state index in [0.29, 0.717) is 49.5 Å². The quantitative estimate of drug-likeness (QED) is 0.480. The van der Waals surface area contributed by atoms with Crippen molar-refractivity contribution < 1.29 is 13.2 Å². The number of hydrogen-bond acceptors (Lipinski definition) is 6. The van der Waals surface area contributed by atoms with Gasteiger partial charge in [-0.25, -0.2) is 9.67 Å². The van der Waals surface area contributed by atoms with Gasteiger partial charge in [-0.2, -0.15) is 18.3 Å². The molecule has 0 unspecified atom stereocenters. The fourth-order valence-corrected chi connectivity index (χ4v) is 4.59. The van der Waals surface area contributed by atoms with Gasteiger partial charge >= 0.3 is 6.18 Å². The molecule has 5 rings (SSSR count).